The van der Waals surface area contributed by atoms with Gasteiger partial charge in [0.25, 0.3) is 5.91 Å². The highest BCUT2D eigenvalue weighted by Gasteiger charge is 2.09. The Kier molecular flexibility index (Phi) is 7.21. The van der Waals surface area contributed by atoms with E-state index in [4.69, 9.17) is 4.74 Å². The van der Waals surface area contributed by atoms with Crippen LogP contribution in [0.25, 0.3) is 0 Å². The van der Waals surface area contributed by atoms with Gasteiger partial charge in [0.05, 0.1) is 13.0 Å². The quantitative estimate of drug-likeness (QED) is 0.749. The van der Waals surface area contributed by atoms with Crippen molar-refractivity contribution < 1.29 is 14.3 Å². The summed E-state index contributed by atoms with van der Waals surface area (Å²) in [4.78, 5) is 24.1. The number of hydrazine groups is 1. The second-order valence-corrected chi connectivity index (χ2v) is 6.66. The molecule has 0 fully saturated rings. The zero-order valence-corrected chi connectivity index (χ0v) is 15.5. The van der Waals surface area contributed by atoms with Gasteiger partial charge in [-0.05, 0) is 54.7 Å². The van der Waals surface area contributed by atoms with Gasteiger partial charge in [0.2, 0.25) is 5.91 Å². The maximum Gasteiger partial charge on any atom is 0.269 e. The summed E-state index contributed by atoms with van der Waals surface area (Å²) < 4.78 is 5.63. The molecule has 2 aromatic carbocycles. The molecule has 2 N–H and O–H groups in total. The molecule has 2 aromatic rings. The molecular weight excluding hydrogens is 328 g/mol. The van der Waals surface area contributed by atoms with Crippen molar-refractivity contribution in [3.63, 3.8) is 0 Å². The Morgan fingerprint density at radius 1 is 1.00 bits per heavy atom. The average molecular weight is 354 g/mol. The Hall–Kier alpha value is -2.82. The Morgan fingerprint density at radius 2 is 1.69 bits per heavy atom. The normalized spacial score (nSPS) is 10.5. The first-order valence-electron chi connectivity index (χ1n) is 8.82. The maximum atomic E-state index is 12.1. The van der Waals surface area contributed by atoms with E-state index in [1.165, 1.54) is 0 Å². The number of aryl methyl sites for hydroxylation is 1. The molecule has 2 rings (SSSR count). The highest BCUT2D eigenvalue weighted by Crippen LogP contribution is 2.13. The average Bonchev–Trinajstić information content (AvgIpc) is 2.62. The van der Waals surface area contributed by atoms with Crippen LogP contribution in [0.2, 0.25) is 0 Å². The van der Waals surface area contributed by atoms with Crippen LogP contribution in [-0.2, 0) is 11.2 Å². The lowest BCUT2D eigenvalue weighted by atomic mass is 10.1. The Bertz CT molecular complexity index is 739. The molecule has 0 bridgehead atoms. The van der Waals surface area contributed by atoms with Crippen molar-refractivity contribution in [3.05, 3.63) is 65.2 Å². The van der Waals surface area contributed by atoms with Crippen LogP contribution in [0, 0.1) is 12.8 Å². The third kappa shape index (κ3) is 6.24. The van der Waals surface area contributed by atoms with Gasteiger partial charge in [-0.2, -0.15) is 0 Å². The van der Waals surface area contributed by atoms with Crippen molar-refractivity contribution in [3.8, 4) is 5.75 Å². The van der Waals surface area contributed by atoms with Gasteiger partial charge in [-0.3, -0.25) is 20.4 Å². The van der Waals surface area contributed by atoms with Crippen molar-refractivity contribution in [1.29, 1.82) is 0 Å². The van der Waals surface area contributed by atoms with Crippen molar-refractivity contribution in [1.82, 2.24) is 10.9 Å². The second kappa shape index (κ2) is 9.61. The second-order valence-electron chi connectivity index (χ2n) is 6.66. The Morgan fingerprint density at radius 3 is 2.35 bits per heavy atom. The third-order valence-corrected chi connectivity index (χ3v) is 4.01. The lowest BCUT2D eigenvalue weighted by molar-refractivity contribution is -0.121. The molecule has 138 valence electrons. The number of nitrogens with one attached hydrogen (secondary N) is 2. The molecule has 0 radical (unpaired) electrons. The van der Waals surface area contributed by atoms with E-state index in [0.717, 1.165) is 23.3 Å². The molecule has 5 nitrogen and oxygen atoms in total. The van der Waals surface area contributed by atoms with Crippen molar-refractivity contribution in [2.75, 3.05) is 6.61 Å². The van der Waals surface area contributed by atoms with Crippen molar-refractivity contribution in [2.45, 2.75) is 33.6 Å². The number of hydrogen-bond donors (Lipinski definition) is 2. The zero-order chi connectivity index (χ0) is 18.9. The first-order chi connectivity index (χ1) is 12.5. The molecule has 0 heterocycles. The van der Waals surface area contributed by atoms with E-state index in [-0.39, 0.29) is 18.2 Å². The summed E-state index contributed by atoms with van der Waals surface area (Å²) >= 11 is 0. The molecule has 0 atom stereocenters. The van der Waals surface area contributed by atoms with Crippen LogP contribution >= 0.6 is 0 Å². The van der Waals surface area contributed by atoms with Crippen LogP contribution in [0.4, 0.5) is 0 Å². The summed E-state index contributed by atoms with van der Waals surface area (Å²) in [5.41, 5.74) is 7.32. The largest absolute Gasteiger partial charge is 0.494 e. The molecule has 0 spiro atoms. The minimum Gasteiger partial charge on any atom is -0.494 e. The molecule has 0 saturated carbocycles. The van der Waals surface area contributed by atoms with Gasteiger partial charge in [0.1, 0.15) is 5.75 Å². The molecular formula is C21H26N2O3. The smallest absolute Gasteiger partial charge is 0.269 e. The van der Waals surface area contributed by atoms with Crippen LogP contribution in [0.5, 0.6) is 5.75 Å². The predicted molar refractivity (Wildman–Crippen MR) is 102 cm³/mol. The standard InChI is InChI=1S/C21H26N2O3/c1-15(2)12-13-26-19-10-8-17(9-11-19)21(25)23-22-20(24)14-18-7-5-4-6-16(18)3/h4-11,15H,12-14H2,1-3H3,(H,22,24)(H,23,25). The highest BCUT2D eigenvalue weighted by molar-refractivity contribution is 5.95. The van der Waals surface area contributed by atoms with Crippen LogP contribution in [0.3, 0.4) is 0 Å². The summed E-state index contributed by atoms with van der Waals surface area (Å²) in [7, 11) is 0. The minimum absolute atomic E-state index is 0.218. The van der Waals surface area contributed by atoms with E-state index in [9.17, 15) is 9.59 Å². The molecule has 0 aromatic heterocycles. The van der Waals surface area contributed by atoms with Crippen LogP contribution in [0.1, 0.15) is 41.8 Å². The number of hydrogen-bond acceptors (Lipinski definition) is 3. The molecule has 26 heavy (non-hydrogen) atoms. The van der Waals surface area contributed by atoms with Crippen LogP contribution in [0.15, 0.2) is 48.5 Å². The molecule has 0 aliphatic carbocycles. The molecule has 5 heteroatoms. The van der Waals surface area contributed by atoms with Gasteiger partial charge < -0.3 is 4.74 Å². The summed E-state index contributed by atoms with van der Waals surface area (Å²) in [6.45, 7) is 6.89. The first-order valence-corrected chi connectivity index (χ1v) is 8.82. The molecule has 0 aliphatic heterocycles. The van der Waals surface area contributed by atoms with Gasteiger partial charge in [-0.15, -0.1) is 0 Å². The molecule has 0 aliphatic rings. The van der Waals surface area contributed by atoms with E-state index < -0.39 is 0 Å². The molecule has 2 amide bonds. The van der Waals surface area contributed by atoms with E-state index in [1.807, 2.05) is 31.2 Å². The number of amides is 2. The van der Waals surface area contributed by atoms with Gasteiger partial charge >= 0.3 is 0 Å². The van der Waals surface area contributed by atoms with Gasteiger partial charge in [0, 0.05) is 5.56 Å². The number of ether oxygens (including phenoxy) is 1. The summed E-state index contributed by atoms with van der Waals surface area (Å²) in [5, 5.41) is 0. The number of carbonyl (C=O) groups excluding carboxylic acids is 2. The summed E-state index contributed by atoms with van der Waals surface area (Å²) in [6, 6.07) is 14.5. The van der Waals surface area contributed by atoms with Crippen LogP contribution < -0.4 is 15.6 Å². The summed E-state index contributed by atoms with van der Waals surface area (Å²) in [5.74, 6) is 0.687. The first kappa shape index (κ1) is 19.5. The van der Waals surface area contributed by atoms with Crippen molar-refractivity contribution in [2.24, 2.45) is 5.92 Å². The SMILES string of the molecule is Cc1ccccc1CC(=O)NNC(=O)c1ccc(OCCC(C)C)cc1. The number of rotatable bonds is 7. The van der Waals surface area contributed by atoms with Crippen molar-refractivity contribution >= 4 is 11.8 Å². The van der Waals surface area contributed by atoms with E-state index in [1.54, 1.807) is 24.3 Å². The molecule has 0 unspecified atom stereocenters. The fourth-order valence-electron chi connectivity index (χ4n) is 2.34. The number of benzene rings is 2. The minimum atomic E-state index is -0.364. The van der Waals surface area contributed by atoms with E-state index in [2.05, 4.69) is 24.7 Å². The topological polar surface area (TPSA) is 67.4 Å². The Labute approximate surface area is 154 Å². The fourth-order valence-corrected chi connectivity index (χ4v) is 2.34. The van der Waals surface area contributed by atoms with E-state index >= 15 is 0 Å². The third-order valence-electron chi connectivity index (χ3n) is 4.01. The number of carbonyl (C=O) groups is 2. The maximum absolute atomic E-state index is 12.1. The van der Waals surface area contributed by atoms with E-state index in [0.29, 0.717) is 18.1 Å². The predicted octanol–water partition coefficient (Wildman–Crippen LogP) is 3.42. The fraction of sp³-hybridized carbons (Fsp3) is 0.333. The lowest BCUT2D eigenvalue weighted by Gasteiger charge is -2.10. The highest BCUT2D eigenvalue weighted by atomic mass is 16.5. The van der Waals surface area contributed by atoms with Gasteiger partial charge in [-0.1, -0.05) is 38.1 Å². The van der Waals surface area contributed by atoms with Gasteiger partial charge in [0.15, 0.2) is 0 Å². The van der Waals surface area contributed by atoms with Gasteiger partial charge in [-0.25, -0.2) is 0 Å². The monoisotopic (exact) mass is 354 g/mol. The summed E-state index contributed by atoms with van der Waals surface area (Å²) in [6.07, 6.45) is 1.20. The lowest BCUT2D eigenvalue weighted by Crippen LogP contribution is -2.42. The van der Waals surface area contributed by atoms with Crippen LogP contribution in [-0.4, -0.2) is 18.4 Å². The zero-order valence-electron chi connectivity index (χ0n) is 15.5. The molecule has 0 saturated heterocycles. The Balaban J connectivity index is 1.80.